The van der Waals surface area contributed by atoms with Crippen LogP contribution in [0.3, 0.4) is 0 Å². The molecule has 3 heterocycles. The number of methoxy groups -OCH3 is 1. The van der Waals surface area contributed by atoms with Crippen LogP contribution in [0.2, 0.25) is 0 Å². The number of nitrogens with zero attached hydrogens (tertiary/aromatic N) is 1. The molecule has 0 saturated carbocycles. The number of hydrogen-bond donors (Lipinski definition) is 3. The zero-order valence-corrected chi connectivity index (χ0v) is 34.2. The summed E-state index contributed by atoms with van der Waals surface area (Å²) in [6.07, 6.45) is -9.35. The van der Waals surface area contributed by atoms with E-state index in [2.05, 4.69) is 0 Å². The Kier molecular flexibility index (Phi) is 18.0. The first-order chi connectivity index (χ1) is 26.2. The zero-order chi connectivity index (χ0) is 42.1. The molecular weight excluding hydrogens is 738 g/mol. The molecule has 1 unspecified atom stereocenters. The van der Waals surface area contributed by atoms with Crippen LogP contribution < -0.4 is 0 Å². The maximum atomic E-state index is 13.3. The summed E-state index contributed by atoms with van der Waals surface area (Å²) >= 11 is 0. The van der Waals surface area contributed by atoms with Crippen LogP contribution in [0, 0.1) is 11.8 Å². The number of ether oxygens (including phenoxy) is 8. The van der Waals surface area contributed by atoms with Crippen LogP contribution in [0.4, 0.5) is 0 Å². The van der Waals surface area contributed by atoms with Gasteiger partial charge in [0, 0.05) is 46.1 Å². The van der Waals surface area contributed by atoms with Crippen molar-refractivity contribution in [1.29, 1.82) is 0 Å². The van der Waals surface area contributed by atoms with Gasteiger partial charge >= 0.3 is 17.9 Å². The summed E-state index contributed by atoms with van der Waals surface area (Å²) in [6, 6.07) is -0.808. The first-order valence-corrected chi connectivity index (χ1v) is 19.3. The Morgan fingerprint density at radius 1 is 0.964 bits per heavy atom. The van der Waals surface area contributed by atoms with Gasteiger partial charge in [-0.3, -0.25) is 19.2 Å². The molecule has 0 radical (unpaired) electrons. The predicted molar refractivity (Wildman–Crippen MR) is 197 cm³/mol. The van der Waals surface area contributed by atoms with Gasteiger partial charge in [-0.25, -0.2) is 0 Å². The van der Waals surface area contributed by atoms with Gasteiger partial charge in [-0.05, 0) is 66.6 Å². The fourth-order valence-corrected chi connectivity index (χ4v) is 7.96. The summed E-state index contributed by atoms with van der Waals surface area (Å²) in [5.41, 5.74) is -1.50. The molecule has 0 aromatic rings. The number of cyclic esters (lactones) is 1. The van der Waals surface area contributed by atoms with Crippen molar-refractivity contribution in [3.05, 3.63) is 12.2 Å². The standard InChI is InChI=1S/C39H63NO16/c1-20-16-26(14-15-41)35(36(49-10)29(53-24(5)42)18-30(46)50-21(2)17-27(44)12-11-13-28(20)45)56-38-33(47)32(40(8)9)34(22(3)52-38)55-31-19-39(7,48)37(23(4)51-31)54-25(6)43/h11,13,15,20-23,26-27,29,31-38,44,47-48H,12,14,16-19H2,1-10H3/b13-11+/t20-,21+,22-,23+,26-,27?,29+,31+,32-,33-,34-,35+,36-,37+,38+,39-/m1/s1. The van der Waals surface area contributed by atoms with Gasteiger partial charge in [0.2, 0.25) is 0 Å². The van der Waals surface area contributed by atoms with Gasteiger partial charge < -0.3 is 62.9 Å². The average molecular weight is 802 g/mol. The highest BCUT2D eigenvalue weighted by Gasteiger charge is 2.53. The quantitative estimate of drug-likeness (QED) is 0.161. The van der Waals surface area contributed by atoms with Crippen molar-refractivity contribution in [3.63, 3.8) is 0 Å². The third-order valence-corrected chi connectivity index (χ3v) is 10.5. The number of aliphatic hydroxyl groups excluding tert-OH is 2. The third kappa shape index (κ3) is 13.1. The lowest BCUT2D eigenvalue weighted by atomic mass is 9.83. The molecule has 320 valence electrons. The molecule has 56 heavy (non-hydrogen) atoms. The Morgan fingerprint density at radius 3 is 2.20 bits per heavy atom. The summed E-state index contributed by atoms with van der Waals surface area (Å²) in [6.45, 7) is 10.6. The Labute approximate surface area is 329 Å². The van der Waals surface area contributed by atoms with E-state index in [0.29, 0.717) is 6.29 Å². The Balaban J connectivity index is 2.01. The second-order valence-corrected chi connectivity index (χ2v) is 15.8. The van der Waals surface area contributed by atoms with E-state index in [1.165, 1.54) is 27.0 Å². The molecular formula is C39H63NO16. The average Bonchev–Trinajstić information content (AvgIpc) is 3.06. The highest BCUT2D eigenvalue weighted by Crippen LogP contribution is 2.37. The van der Waals surface area contributed by atoms with Gasteiger partial charge in [0.05, 0.1) is 36.9 Å². The Morgan fingerprint density at radius 2 is 1.62 bits per heavy atom. The fraction of sp³-hybridized carbons (Fsp3) is 0.821. The predicted octanol–water partition coefficient (Wildman–Crippen LogP) is 1.39. The van der Waals surface area contributed by atoms with Gasteiger partial charge in [0.15, 0.2) is 24.5 Å². The molecule has 17 heteroatoms. The number of aldehydes is 1. The number of rotatable bonds is 10. The first kappa shape index (κ1) is 47.5. The highest BCUT2D eigenvalue weighted by molar-refractivity contribution is 5.91. The van der Waals surface area contributed by atoms with E-state index in [4.69, 9.17) is 37.9 Å². The second kappa shape index (κ2) is 21.2. The minimum absolute atomic E-state index is 0.0644. The Hall–Kier alpha value is -2.87. The van der Waals surface area contributed by atoms with E-state index in [-0.39, 0.29) is 37.9 Å². The molecule has 3 aliphatic rings. The van der Waals surface area contributed by atoms with Crippen LogP contribution in [0.5, 0.6) is 0 Å². The number of carbonyl (C=O) groups is 5. The van der Waals surface area contributed by atoms with E-state index in [9.17, 15) is 39.3 Å². The van der Waals surface area contributed by atoms with Crippen molar-refractivity contribution in [2.75, 3.05) is 21.2 Å². The number of aliphatic hydroxyl groups is 3. The van der Waals surface area contributed by atoms with Crippen molar-refractivity contribution in [2.24, 2.45) is 11.8 Å². The SMILES string of the molecule is CO[C@H]1[C@@H](O[C@@H]2O[C@H](C)[C@@H](O[C@H]3C[C@@](C)(O)[C@@H](OC(C)=O)[C@H](C)O3)[C@H](N(C)C)[C@H]2O)[C@H](CC=O)C[C@@H](C)C(=O)/C=C/CC(O)C[C@H](C)OC(=O)C[C@@H]1OC(C)=O. The minimum atomic E-state index is -1.50. The zero-order valence-electron chi connectivity index (χ0n) is 34.2. The van der Waals surface area contributed by atoms with Crippen molar-refractivity contribution in [3.8, 4) is 0 Å². The summed E-state index contributed by atoms with van der Waals surface area (Å²) in [5, 5.41) is 33.7. The number of likely N-dealkylation sites (N-methyl/N-ethyl adjacent to an activating group) is 1. The number of carbonyl (C=O) groups excluding carboxylic acids is 5. The largest absolute Gasteiger partial charge is 0.462 e. The second-order valence-electron chi connectivity index (χ2n) is 15.8. The van der Waals surface area contributed by atoms with E-state index in [0.717, 1.165) is 6.92 Å². The topological polar surface area (TPSA) is 223 Å². The minimum Gasteiger partial charge on any atom is -0.462 e. The maximum absolute atomic E-state index is 13.3. The van der Waals surface area contributed by atoms with E-state index in [1.54, 1.807) is 52.8 Å². The van der Waals surface area contributed by atoms with Crippen molar-refractivity contribution < 1.29 is 77.2 Å². The first-order valence-electron chi connectivity index (χ1n) is 19.3. The van der Waals surface area contributed by atoms with Gasteiger partial charge in [-0.1, -0.05) is 13.0 Å². The molecule has 0 aromatic carbocycles. The molecule has 2 saturated heterocycles. The van der Waals surface area contributed by atoms with Gasteiger partial charge in [0.25, 0.3) is 0 Å². The summed E-state index contributed by atoms with van der Waals surface area (Å²) in [4.78, 5) is 64.6. The monoisotopic (exact) mass is 801 g/mol. The smallest absolute Gasteiger partial charge is 0.309 e. The highest BCUT2D eigenvalue weighted by atomic mass is 16.7. The lowest BCUT2D eigenvalue weighted by Gasteiger charge is -2.50. The Bertz CT molecular complexity index is 1360. The third-order valence-electron chi connectivity index (χ3n) is 10.5. The lowest BCUT2D eigenvalue weighted by Crippen LogP contribution is -2.66. The molecule has 0 bridgehead atoms. The fourth-order valence-electron chi connectivity index (χ4n) is 7.96. The molecule has 3 N–H and O–H groups in total. The maximum Gasteiger partial charge on any atom is 0.309 e. The van der Waals surface area contributed by atoms with Crippen LogP contribution >= 0.6 is 0 Å². The molecule has 0 aliphatic carbocycles. The van der Waals surface area contributed by atoms with Crippen LogP contribution in [0.25, 0.3) is 0 Å². The molecule has 3 aliphatic heterocycles. The summed E-state index contributed by atoms with van der Waals surface area (Å²) in [7, 11) is 4.76. The van der Waals surface area contributed by atoms with E-state index < -0.39 is 121 Å². The molecule has 17 nitrogen and oxygen atoms in total. The summed E-state index contributed by atoms with van der Waals surface area (Å²) in [5.74, 6) is -3.77. The lowest BCUT2D eigenvalue weighted by molar-refractivity contribution is -0.344. The van der Waals surface area contributed by atoms with E-state index in [1.807, 2.05) is 0 Å². The molecule has 0 spiro atoms. The van der Waals surface area contributed by atoms with Crippen LogP contribution in [-0.4, -0.2) is 157 Å². The number of esters is 3. The number of allylic oxidation sites excluding steroid dienone is 1. The van der Waals surface area contributed by atoms with Crippen molar-refractivity contribution >= 4 is 30.0 Å². The van der Waals surface area contributed by atoms with Gasteiger partial charge in [-0.2, -0.15) is 0 Å². The number of hydrogen-bond acceptors (Lipinski definition) is 17. The molecule has 0 amide bonds. The van der Waals surface area contributed by atoms with Gasteiger partial charge in [-0.15, -0.1) is 0 Å². The van der Waals surface area contributed by atoms with E-state index >= 15 is 0 Å². The molecule has 3 rings (SSSR count). The van der Waals surface area contributed by atoms with Crippen LogP contribution in [-0.2, 0) is 61.9 Å². The van der Waals surface area contributed by atoms with Gasteiger partial charge in [0.1, 0.15) is 42.4 Å². The molecule has 16 atom stereocenters. The number of ketones is 1. The summed E-state index contributed by atoms with van der Waals surface area (Å²) < 4.78 is 47.7. The van der Waals surface area contributed by atoms with Crippen molar-refractivity contribution in [2.45, 2.75) is 172 Å². The van der Waals surface area contributed by atoms with Crippen LogP contribution in [0.1, 0.15) is 87.0 Å². The van der Waals surface area contributed by atoms with Crippen molar-refractivity contribution in [1.82, 2.24) is 4.90 Å². The molecule has 0 aromatic heterocycles. The normalized spacial score (nSPS) is 41.4. The van der Waals surface area contributed by atoms with Crippen LogP contribution in [0.15, 0.2) is 12.2 Å². The molecule has 2 fully saturated rings.